The Morgan fingerprint density at radius 1 is 0.788 bits per heavy atom. The number of carbonyl (C=O) groups is 4. The molecule has 52 heavy (non-hydrogen) atoms. The summed E-state index contributed by atoms with van der Waals surface area (Å²) in [6.45, 7) is 4.34. The molecule has 1 saturated heterocycles. The highest BCUT2D eigenvalue weighted by Gasteiger charge is 2.45. The Hall–Kier alpha value is -6.37. The van der Waals surface area contributed by atoms with Gasteiger partial charge < -0.3 is 14.8 Å². The Bertz CT molecular complexity index is 2180. The predicted molar refractivity (Wildman–Crippen MR) is 188 cm³/mol. The molecular formula is C39H35N7O6. The molecule has 2 fully saturated rings. The number of ether oxygens (including phenoxy) is 2. The average molecular weight is 698 g/mol. The summed E-state index contributed by atoms with van der Waals surface area (Å²) in [7, 11) is 0. The molecule has 0 bridgehead atoms. The van der Waals surface area contributed by atoms with E-state index in [4.69, 9.17) is 9.47 Å². The van der Waals surface area contributed by atoms with Gasteiger partial charge in [-0.15, -0.1) is 4.80 Å². The van der Waals surface area contributed by atoms with E-state index in [1.807, 2.05) is 36.4 Å². The van der Waals surface area contributed by atoms with Crippen molar-refractivity contribution in [2.24, 2.45) is 0 Å². The molecule has 4 amide bonds. The molecule has 3 atom stereocenters. The van der Waals surface area contributed by atoms with Gasteiger partial charge in [0.25, 0.3) is 11.8 Å². The van der Waals surface area contributed by atoms with Crippen LogP contribution in [0.1, 0.15) is 71.4 Å². The largest absolute Gasteiger partial charge is 0.488 e. The fourth-order valence-corrected chi connectivity index (χ4v) is 6.81. The molecule has 3 aliphatic rings. The number of pyridine rings is 1. The van der Waals surface area contributed by atoms with Gasteiger partial charge in [0.15, 0.2) is 5.82 Å². The lowest BCUT2D eigenvalue weighted by Crippen LogP contribution is -2.54. The van der Waals surface area contributed by atoms with Crippen molar-refractivity contribution in [3.8, 4) is 23.2 Å². The maximum atomic E-state index is 13.3. The number of piperidine rings is 1. The quantitative estimate of drug-likeness (QED) is 0.186. The third kappa shape index (κ3) is 6.14. The molecule has 1 aliphatic carbocycles. The Morgan fingerprint density at radius 3 is 2.15 bits per heavy atom. The number of nitrogens with zero attached hydrogens (tertiary/aromatic N) is 5. The highest BCUT2D eigenvalue weighted by molar-refractivity contribution is 6.23. The minimum absolute atomic E-state index is 0.00764. The highest BCUT2D eigenvalue weighted by atomic mass is 16.5. The van der Waals surface area contributed by atoms with Gasteiger partial charge in [0.05, 0.1) is 29.6 Å². The van der Waals surface area contributed by atoms with Crippen LogP contribution < -0.4 is 20.1 Å². The summed E-state index contributed by atoms with van der Waals surface area (Å²) in [4.78, 5) is 57.2. The van der Waals surface area contributed by atoms with Gasteiger partial charge in [0, 0.05) is 23.6 Å². The summed E-state index contributed by atoms with van der Waals surface area (Å²) in [6.07, 6.45) is 5.04. The standard InChI is InChI=1S/C39H35N7O6/c1-39(2,24-8-13-27(14-9-24)52-35-5-3-4-33(43-35)46-40-20-21-41-46)23-6-11-26(12-7-23)51-32-18-16-30(32)42-25-10-15-28-29(22-25)38(50)45(37(28)49)31-17-19-34(47)44-36(31)48/h3-15,20-22,30-32,42H,16-19H2,1-2H3,(H,44,47,48)/t30-,31?,32-/m1/s1. The molecule has 8 rings (SSSR count). The van der Waals surface area contributed by atoms with Gasteiger partial charge in [-0.3, -0.25) is 29.4 Å². The maximum Gasteiger partial charge on any atom is 0.262 e. The van der Waals surface area contributed by atoms with E-state index in [-0.39, 0.29) is 41.5 Å². The first-order valence-electron chi connectivity index (χ1n) is 17.2. The van der Waals surface area contributed by atoms with Crippen molar-refractivity contribution in [1.82, 2.24) is 30.2 Å². The first-order valence-corrected chi connectivity index (χ1v) is 17.2. The van der Waals surface area contributed by atoms with Gasteiger partial charge in [0.1, 0.15) is 23.6 Å². The zero-order valence-electron chi connectivity index (χ0n) is 28.5. The van der Waals surface area contributed by atoms with Crippen LogP contribution >= 0.6 is 0 Å². The van der Waals surface area contributed by atoms with Gasteiger partial charge >= 0.3 is 0 Å². The van der Waals surface area contributed by atoms with Gasteiger partial charge in [-0.05, 0) is 78.9 Å². The van der Waals surface area contributed by atoms with Crippen LogP contribution in [0.15, 0.2) is 97.3 Å². The Morgan fingerprint density at radius 2 is 1.48 bits per heavy atom. The van der Waals surface area contributed by atoms with Crippen molar-refractivity contribution in [3.05, 3.63) is 120 Å². The second-order valence-corrected chi connectivity index (χ2v) is 13.6. The molecule has 5 aromatic rings. The molecule has 4 heterocycles. The minimum Gasteiger partial charge on any atom is -0.488 e. The van der Waals surface area contributed by atoms with Crippen LogP contribution in [-0.2, 0) is 15.0 Å². The number of amides is 4. The summed E-state index contributed by atoms with van der Waals surface area (Å²) in [5.41, 5.74) is 3.13. The first-order chi connectivity index (χ1) is 25.1. The van der Waals surface area contributed by atoms with E-state index in [0.29, 0.717) is 23.1 Å². The van der Waals surface area contributed by atoms with Crippen LogP contribution in [0.3, 0.4) is 0 Å². The molecular weight excluding hydrogens is 662 g/mol. The number of hydrogen-bond donors (Lipinski definition) is 2. The second kappa shape index (κ2) is 13.1. The second-order valence-electron chi connectivity index (χ2n) is 13.6. The summed E-state index contributed by atoms with van der Waals surface area (Å²) >= 11 is 0. The number of aromatic nitrogens is 4. The van der Waals surface area contributed by atoms with Crippen LogP contribution in [0.5, 0.6) is 17.4 Å². The molecule has 13 heteroatoms. The van der Waals surface area contributed by atoms with E-state index in [1.54, 1.807) is 36.7 Å². The van der Waals surface area contributed by atoms with Crippen LogP contribution in [0.25, 0.3) is 5.82 Å². The predicted octanol–water partition coefficient (Wildman–Crippen LogP) is 5.20. The minimum atomic E-state index is -0.998. The molecule has 0 spiro atoms. The lowest BCUT2D eigenvalue weighted by Gasteiger charge is -2.38. The zero-order valence-corrected chi connectivity index (χ0v) is 28.5. The Labute approximate surface area is 298 Å². The molecule has 2 N–H and O–H groups in total. The van der Waals surface area contributed by atoms with E-state index in [1.165, 1.54) is 4.80 Å². The van der Waals surface area contributed by atoms with Gasteiger partial charge in [-0.25, -0.2) is 0 Å². The highest BCUT2D eigenvalue weighted by Crippen LogP contribution is 2.36. The fourth-order valence-electron chi connectivity index (χ4n) is 6.81. The summed E-state index contributed by atoms with van der Waals surface area (Å²) in [5, 5.41) is 13.9. The third-order valence-corrected chi connectivity index (χ3v) is 10.00. The number of anilines is 1. The number of carbonyl (C=O) groups excluding carboxylic acids is 4. The number of fused-ring (bicyclic) bond motifs is 1. The monoisotopic (exact) mass is 697 g/mol. The van der Waals surface area contributed by atoms with E-state index in [9.17, 15) is 19.2 Å². The van der Waals surface area contributed by atoms with Crippen LogP contribution in [0.2, 0.25) is 0 Å². The Balaban J connectivity index is 0.881. The van der Waals surface area contributed by atoms with Crippen LogP contribution in [-0.4, -0.2) is 66.7 Å². The zero-order chi connectivity index (χ0) is 36.0. The van der Waals surface area contributed by atoms with Gasteiger partial charge in [0.2, 0.25) is 17.7 Å². The lowest BCUT2D eigenvalue weighted by atomic mass is 9.78. The number of rotatable bonds is 10. The lowest BCUT2D eigenvalue weighted by molar-refractivity contribution is -0.136. The number of hydrogen-bond acceptors (Lipinski definition) is 10. The first kappa shape index (κ1) is 32.8. The molecule has 2 aliphatic heterocycles. The van der Waals surface area contributed by atoms with Crippen LogP contribution in [0, 0.1) is 0 Å². The number of imide groups is 2. The fraction of sp³-hybridized carbons (Fsp3) is 0.256. The summed E-state index contributed by atoms with van der Waals surface area (Å²) in [6, 6.07) is 25.6. The van der Waals surface area contributed by atoms with E-state index in [2.05, 4.69) is 63.9 Å². The Kier molecular flexibility index (Phi) is 8.25. The van der Waals surface area contributed by atoms with Crippen molar-refractivity contribution in [2.45, 2.75) is 63.1 Å². The molecule has 13 nitrogen and oxygen atoms in total. The number of nitrogens with one attached hydrogen (secondary N) is 2. The molecule has 0 radical (unpaired) electrons. The third-order valence-electron chi connectivity index (χ3n) is 10.00. The van der Waals surface area contributed by atoms with Gasteiger partial charge in [-0.2, -0.15) is 15.2 Å². The maximum absolute atomic E-state index is 13.3. The summed E-state index contributed by atoms with van der Waals surface area (Å²) in [5.74, 6) is 0.340. The van der Waals surface area contributed by atoms with E-state index < -0.39 is 29.7 Å². The molecule has 3 aromatic carbocycles. The van der Waals surface area contributed by atoms with Gasteiger partial charge in [-0.1, -0.05) is 44.2 Å². The van der Waals surface area contributed by atoms with Crippen molar-refractivity contribution >= 4 is 29.3 Å². The summed E-state index contributed by atoms with van der Waals surface area (Å²) < 4.78 is 12.4. The molecule has 1 saturated carbocycles. The SMILES string of the molecule is CC(C)(c1ccc(Oc2cccc(-n3nccn3)n2)cc1)c1ccc(O[C@@H]2CC[C@H]2Nc2ccc3c(c2)C(=O)N(C2CCC(=O)NC2=O)C3=O)cc1. The normalized spacial score (nSPS) is 19.9. The van der Waals surface area contributed by atoms with E-state index in [0.717, 1.165) is 34.6 Å². The van der Waals surface area contributed by atoms with Crippen molar-refractivity contribution in [1.29, 1.82) is 0 Å². The smallest absolute Gasteiger partial charge is 0.262 e. The molecule has 262 valence electrons. The van der Waals surface area contributed by atoms with Crippen molar-refractivity contribution in [3.63, 3.8) is 0 Å². The average Bonchev–Trinajstić information content (AvgIpc) is 3.77. The number of benzene rings is 3. The van der Waals surface area contributed by atoms with E-state index >= 15 is 0 Å². The van der Waals surface area contributed by atoms with Crippen molar-refractivity contribution < 1.29 is 28.7 Å². The van der Waals surface area contributed by atoms with Crippen molar-refractivity contribution in [2.75, 3.05) is 5.32 Å². The molecule has 1 unspecified atom stereocenters. The topological polar surface area (TPSA) is 158 Å². The van der Waals surface area contributed by atoms with Crippen LogP contribution in [0.4, 0.5) is 5.69 Å². The molecule has 2 aromatic heterocycles.